The van der Waals surface area contributed by atoms with Crippen LogP contribution in [0.25, 0.3) is 0 Å². The predicted octanol–water partition coefficient (Wildman–Crippen LogP) is 4.27. The van der Waals surface area contributed by atoms with E-state index in [0.717, 1.165) is 5.56 Å². The zero-order chi connectivity index (χ0) is 20.2. The highest BCUT2D eigenvalue weighted by Crippen LogP contribution is 2.40. The Bertz CT molecular complexity index is 824. The molecule has 0 bridgehead atoms. The van der Waals surface area contributed by atoms with E-state index in [9.17, 15) is 4.79 Å². The molecule has 0 atom stereocenters. The van der Waals surface area contributed by atoms with Crippen molar-refractivity contribution in [3.05, 3.63) is 41.5 Å². The molecule has 2 aromatic carbocycles. The number of amides is 1. The summed E-state index contributed by atoms with van der Waals surface area (Å²) in [5.74, 6) is 1.40. The highest BCUT2D eigenvalue weighted by atomic mass is 16.5. The van der Waals surface area contributed by atoms with Gasteiger partial charge < -0.3 is 24.3 Å². The topological polar surface area (TPSA) is 66.0 Å². The molecule has 0 saturated heterocycles. The molecule has 1 N–H and O–H groups in total. The maximum Gasteiger partial charge on any atom is 0.259 e. The first-order valence-corrected chi connectivity index (χ1v) is 8.55. The van der Waals surface area contributed by atoms with Gasteiger partial charge in [0.1, 0.15) is 5.75 Å². The fraction of sp³-hybridized carbons (Fsp3) is 0.381. The van der Waals surface area contributed by atoms with Gasteiger partial charge in [0.15, 0.2) is 11.5 Å². The van der Waals surface area contributed by atoms with Crippen LogP contribution in [-0.2, 0) is 5.41 Å². The number of carbonyl (C=O) groups excluding carboxylic acids is 1. The third kappa shape index (κ3) is 4.27. The highest BCUT2D eigenvalue weighted by molar-refractivity contribution is 6.07. The fourth-order valence-corrected chi connectivity index (χ4v) is 2.74. The lowest BCUT2D eigenvalue weighted by Crippen LogP contribution is -2.16. The summed E-state index contributed by atoms with van der Waals surface area (Å²) in [5.41, 5.74) is 1.94. The average Bonchev–Trinajstić information content (AvgIpc) is 2.65. The van der Waals surface area contributed by atoms with Crippen molar-refractivity contribution in [2.24, 2.45) is 0 Å². The lowest BCUT2D eigenvalue weighted by atomic mass is 9.87. The van der Waals surface area contributed by atoms with E-state index in [2.05, 4.69) is 26.1 Å². The minimum Gasteiger partial charge on any atom is -0.495 e. The summed E-state index contributed by atoms with van der Waals surface area (Å²) < 4.78 is 21.4. The Balaban J connectivity index is 2.46. The largest absolute Gasteiger partial charge is 0.495 e. The average molecular weight is 373 g/mol. The van der Waals surface area contributed by atoms with Crippen molar-refractivity contribution in [1.29, 1.82) is 0 Å². The van der Waals surface area contributed by atoms with E-state index in [1.54, 1.807) is 19.2 Å². The molecule has 0 aliphatic heterocycles. The molecule has 0 unspecified atom stereocenters. The van der Waals surface area contributed by atoms with Crippen molar-refractivity contribution in [3.63, 3.8) is 0 Å². The Morgan fingerprint density at radius 3 is 1.93 bits per heavy atom. The van der Waals surface area contributed by atoms with Crippen LogP contribution in [-0.4, -0.2) is 34.3 Å². The van der Waals surface area contributed by atoms with Gasteiger partial charge in [-0.15, -0.1) is 0 Å². The third-order valence-corrected chi connectivity index (χ3v) is 4.26. The number of anilines is 1. The first kappa shape index (κ1) is 20.4. The van der Waals surface area contributed by atoms with E-state index in [1.807, 2.05) is 18.2 Å². The quantitative estimate of drug-likeness (QED) is 0.819. The van der Waals surface area contributed by atoms with Crippen molar-refractivity contribution in [3.8, 4) is 23.0 Å². The molecule has 0 aliphatic carbocycles. The summed E-state index contributed by atoms with van der Waals surface area (Å²) in [6.07, 6.45) is 0. The minimum atomic E-state index is -0.336. The van der Waals surface area contributed by atoms with Gasteiger partial charge >= 0.3 is 0 Å². The predicted molar refractivity (Wildman–Crippen MR) is 106 cm³/mol. The smallest absolute Gasteiger partial charge is 0.259 e. The molecular weight excluding hydrogens is 346 g/mol. The van der Waals surface area contributed by atoms with E-state index in [-0.39, 0.29) is 11.3 Å². The van der Waals surface area contributed by atoms with Crippen LogP contribution in [0.15, 0.2) is 30.3 Å². The number of methoxy groups -OCH3 is 4. The van der Waals surface area contributed by atoms with Crippen LogP contribution in [0.5, 0.6) is 23.0 Å². The van der Waals surface area contributed by atoms with Gasteiger partial charge in [-0.25, -0.2) is 0 Å². The molecule has 0 aliphatic rings. The Morgan fingerprint density at radius 1 is 0.815 bits per heavy atom. The maximum atomic E-state index is 12.9. The third-order valence-electron chi connectivity index (χ3n) is 4.26. The summed E-state index contributed by atoms with van der Waals surface area (Å²) in [5, 5.41) is 2.91. The molecule has 6 heteroatoms. The van der Waals surface area contributed by atoms with Crippen LogP contribution in [0, 0.1) is 0 Å². The van der Waals surface area contributed by atoms with Crippen LogP contribution >= 0.6 is 0 Å². The van der Waals surface area contributed by atoms with Crippen LogP contribution in [0.1, 0.15) is 36.7 Å². The van der Waals surface area contributed by atoms with Crippen LogP contribution in [0.4, 0.5) is 5.69 Å². The molecule has 2 rings (SSSR count). The lowest BCUT2D eigenvalue weighted by Gasteiger charge is -2.21. The zero-order valence-corrected chi connectivity index (χ0v) is 16.9. The molecule has 2 aromatic rings. The molecule has 27 heavy (non-hydrogen) atoms. The SMILES string of the molecule is COc1ccc(C(C)(C)C)cc1NC(=O)c1ccc(OC)c(OC)c1OC. The number of benzene rings is 2. The Hall–Kier alpha value is -2.89. The van der Waals surface area contributed by atoms with Gasteiger partial charge in [0.2, 0.25) is 5.75 Å². The Kier molecular flexibility index (Phi) is 6.20. The van der Waals surface area contributed by atoms with Crippen molar-refractivity contribution >= 4 is 11.6 Å². The maximum absolute atomic E-state index is 12.9. The lowest BCUT2D eigenvalue weighted by molar-refractivity contribution is 0.102. The van der Waals surface area contributed by atoms with Gasteiger partial charge in [0, 0.05) is 0 Å². The summed E-state index contributed by atoms with van der Waals surface area (Å²) in [6, 6.07) is 9.06. The van der Waals surface area contributed by atoms with Crippen LogP contribution < -0.4 is 24.3 Å². The second-order valence-corrected chi connectivity index (χ2v) is 7.00. The second kappa shape index (κ2) is 8.20. The number of carbonyl (C=O) groups is 1. The van der Waals surface area contributed by atoms with Crippen LogP contribution in [0.2, 0.25) is 0 Å². The fourth-order valence-electron chi connectivity index (χ4n) is 2.74. The first-order valence-electron chi connectivity index (χ1n) is 8.55. The van der Waals surface area contributed by atoms with E-state index in [0.29, 0.717) is 34.2 Å². The van der Waals surface area contributed by atoms with E-state index in [1.165, 1.54) is 21.3 Å². The molecule has 6 nitrogen and oxygen atoms in total. The Labute approximate surface area is 160 Å². The summed E-state index contributed by atoms with van der Waals surface area (Å²) in [7, 11) is 6.07. The van der Waals surface area contributed by atoms with Gasteiger partial charge in [-0.05, 0) is 35.2 Å². The second-order valence-electron chi connectivity index (χ2n) is 7.00. The van der Waals surface area contributed by atoms with Crippen LogP contribution in [0.3, 0.4) is 0 Å². The number of ether oxygens (including phenoxy) is 4. The number of rotatable bonds is 6. The molecule has 146 valence electrons. The molecule has 0 aromatic heterocycles. The van der Waals surface area contributed by atoms with Crippen molar-refractivity contribution < 1.29 is 23.7 Å². The van der Waals surface area contributed by atoms with Gasteiger partial charge in [-0.3, -0.25) is 4.79 Å². The van der Waals surface area contributed by atoms with Crippen molar-refractivity contribution in [2.45, 2.75) is 26.2 Å². The summed E-state index contributed by atoms with van der Waals surface area (Å²) >= 11 is 0. The van der Waals surface area contributed by atoms with Gasteiger partial charge in [0.25, 0.3) is 5.91 Å². The zero-order valence-electron chi connectivity index (χ0n) is 16.9. The van der Waals surface area contributed by atoms with Gasteiger partial charge in [0.05, 0.1) is 39.7 Å². The standard InChI is InChI=1S/C21H27NO5/c1-21(2,3)13-8-10-16(24-4)15(12-13)22-20(23)14-9-11-17(25-5)19(27-7)18(14)26-6/h8-12H,1-7H3,(H,22,23). The molecule has 1 amide bonds. The van der Waals surface area contributed by atoms with Crippen molar-refractivity contribution in [2.75, 3.05) is 33.8 Å². The normalized spacial score (nSPS) is 10.9. The number of hydrogen-bond acceptors (Lipinski definition) is 5. The van der Waals surface area contributed by atoms with E-state index >= 15 is 0 Å². The summed E-state index contributed by atoms with van der Waals surface area (Å²) in [6.45, 7) is 6.33. The number of hydrogen-bond donors (Lipinski definition) is 1. The molecule has 0 saturated carbocycles. The number of nitrogens with one attached hydrogen (secondary N) is 1. The molecule has 0 fully saturated rings. The molecule has 0 radical (unpaired) electrons. The molecular formula is C21H27NO5. The monoisotopic (exact) mass is 373 g/mol. The minimum absolute atomic E-state index is 0.0627. The highest BCUT2D eigenvalue weighted by Gasteiger charge is 2.22. The first-order chi connectivity index (χ1) is 12.8. The van der Waals surface area contributed by atoms with Gasteiger partial charge in [-0.1, -0.05) is 26.8 Å². The molecule has 0 heterocycles. The van der Waals surface area contributed by atoms with E-state index < -0.39 is 0 Å². The molecule has 0 spiro atoms. The summed E-state index contributed by atoms with van der Waals surface area (Å²) in [4.78, 5) is 12.9. The van der Waals surface area contributed by atoms with Crippen molar-refractivity contribution in [1.82, 2.24) is 0 Å². The Morgan fingerprint density at radius 2 is 1.41 bits per heavy atom. The van der Waals surface area contributed by atoms with Gasteiger partial charge in [-0.2, -0.15) is 0 Å². The van der Waals surface area contributed by atoms with E-state index in [4.69, 9.17) is 18.9 Å².